The molecule has 4 N–H and O–H groups in total. The highest BCUT2D eigenvalue weighted by Gasteiger charge is 2.54. The molecule has 0 aromatic heterocycles. The smallest absolute Gasteiger partial charge is 0.407 e. The van der Waals surface area contributed by atoms with Gasteiger partial charge in [0, 0.05) is 19.3 Å². The topological polar surface area (TPSA) is 128 Å². The van der Waals surface area contributed by atoms with Crippen LogP contribution in [0.5, 0.6) is 0 Å². The molecular weight excluding hydrogens is 364 g/mol. The van der Waals surface area contributed by atoms with Crippen molar-refractivity contribution in [1.82, 2.24) is 10.6 Å². The number of hydrogen-bond donors (Lipinski definition) is 3. The Morgan fingerprint density at radius 1 is 1.22 bits per heavy atom. The van der Waals surface area contributed by atoms with Gasteiger partial charge < -0.3 is 21.1 Å². The van der Waals surface area contributed by atoms with Crippen LogP contribution in [0.1, 0.15) is 51.9 Å². The zero-order valence-electron chi connectivity index (χ0n) is 15.2. The van der Waals surface area contributed by atoms with Gasteiger partial charge in [0.25, 0.3) is 5.91 Å². The number of Topliss-reactive ketones (excluding diaryl/α,β-unsaturated/α-hetero) is 1. The van der Waals surface area contributed by atoms with E-state index in [1.54, 1.807) is 6.92 Å². The fourth-order valence-electron chi connectivity index (χ4n) is 3.70. The van der Waals surface area contributed by atoms with Crippen molar-refractivity contribution >= 4 is 23.7 Å². The number of nitrogens with two attached hydrogens (primary N) is 1. The van der Waals surface area contributed by atoms with Crippen molar-refractivity contribution in [3.8, 4) is 0 Å². The molecule has 0 unspecified atom stereocenters. The largest absolute Gasteiger partial charge is 0.450 e. The van der Waals surface area contributed by atoms with Gasteiger partial charge in [0.15, 0.2) is 0 Å². The summed E-state index contributed by atoms with van der Waals surface area (Å²) in [4.78, 5) is 47.7. The summed E-state index contributed by atoms with van der Waals surface area (Å²) < 4.78 is 33.0. The number of nitrogens with one attached hydrogen (secondary N) is 2. The zero-order valence-corrected chi connectivity index (χ0v) is 15.2. The number of ketones is 1. The number of carbonyl (C=O) groups is 4. The molecule has 2 fully saturated rings. The predicted octanol–water partition coefficient (Wildman–Crippen LogP) is 0.815. The summed E-state index contributed by atoms with van der Waals surface area (Å²) in [5.74, 6) is -3.29. The first kappa shape index (κ1) is 21.0. The third kappa shape index (κ3) is 4.92. The number of amides is 3. The van der Waals surface area contributed by atoms with E-state index in [0.717, 1.165) is 0 Å². The number of alkyl carbamates (subject to hydrolysis) is 1. The number of alkyl halides is 2. The lowest BCUT2D eigenvalue weighted by atomic mass is 9.71. The van der Waals surface area contributed by atoms with Gasteiger partial charge in [-0.25, -0.2) is 13.6 Å². The Morgan fingerprint density at radius 2 is 1.81 bits per heavy atom. The van der Waals surface area contributed by atoms with Gasteiger partial charge in [-0.1, -0.05) is 12.8 Å². The number of primary amides is 1. The second-order valence-corrected chi connectivity index (χ2v) is 7.25. The lowest BCUT2D eigenvalue weighted by molar-refractivity contribution is -0.147. The normalized spacial score (nSPS) is 27.1. The molecule has 27 heavy (non-hydrogen) atoms. The lowest BCUT2D eigenvalue weighted by Crippen LogP contribution is -2.68. The molecule has 0 spiro atoms. The van der Waals surface area contributed by atoms with Crippen molar-refractivity contribution in [3.63, 3.8) is 0 Å². The molecule has 0 radical (unpaired) electrons. The summed E-state index contributed by atoms with van der Waals surface area (Å²) in [5, 5.41) is 4.60. The molecule has 2 aliphatic carbocycles. The van der Waals surface area contributed by atoms with Crippen molar-refractivity contribution in [2.45, 2.75) is 75.3 Å². The Hall–Kier alpha value is -2.26. The van der Waals surface area contributed by atoms with Crippen LogP contribution in [0.25, 0.3) is 0 Å². The molecule has 2 aliphatic rings. The van der Waals surface area contributed by atoms with Gasteiger partial charge in [-0.05, 0) is 19.8 Å². The van der Waals surface area contributed by atoms with Crippen LogP contribution in [-0.4, -0.2) is 53.7 Å². The van der Waals surface area contributed by atoms with E-state index in [4.69, 9.17) is 10.5 Å². The van der Waals surface area contributed by atoms with E-state index in [-0.39, 0.29) is 25.9 Å². The third-order valence-electron chi connectivity index (χ3n) is 5.11. The van der Waals surface area contributed by atoms with E-state index in [0.29, 0.717) is 12.8 Å². The average Bonchev–Trinajstić information content (AvgIpc) is 2.98. The summed E-state index contributed by atoms with van der Waals surface area (Å²) in [6, 6.07) is -1.33. The molecule has 10 heteroatoms. The van der Waals surface area contributed by atoms with Crippen molar-refractivity contribution in [2.75, 3.05) is 6.61 Å². The highest BCUT2D eigenvalue weighted by Crippen LogP contribution is 2.38. The van der Waals surface area contributed by atoms with E-state index >= 15 is 0 Å². The number of rotatable bonds is 8. The standard InChI is InChI=1S/C17H25F2N3O5/c1-2-27-15(26)21-11(9-16(19)5-3-4-6-16)14(25)22-17(7-10(18)8-17)12(23)13(20)24/h10-11H,2-9H2,1H3,(H2,20,24)(H,21,26)(H,22,25)/t10-,11-,17-/m0/s1. The minimum Gasteiger partial charge on any atom is -0.450 e. The van der Waals surface area contributed by atoms with E-state index in [2.05, 4.69) is 10.6 Å². The molecule has 0 aromatic carbocycles. The number of ether oxygens (including phenoxy) is 1. The second kappa shape index (κ2) is 8.18. The molecule has 0 aliphatic heterocycles. The summed E-state index contributed by atoms with van der Waals surface area (Å²) in [7, 11) is 0. The van der Waals surface area contributed by atoms with Crippen LogP contribution >= 0.6 is 0 Å². The van der Waals surface area contributed by atoms with Crippen LogP contribution in [0.3, 0.4) is 0 Å². The van der Waals surface area contributed by atoms with Crippen molar-refractivity contribution in [2.24, 2.45) is 5.73 Å². The Bertz CT molecular complexity index is 616. The highest BCUT2D eigenvalue weighted by atomic mass is 19.1. The number of carbonyl (C=O) groups excluding carboxylic acids is 4. The maximum atomic E-state index is 14.9. The first-order valence-corrected chi connectivity index (χ1v) is 9.03. The molecule has 0 saturated heterocycles. The Kier molecular flexibility index (Phi) is 6.38. The molecule has 0 aromatic rings. The van der Waals surface area contributed by atoms with Gasteiger partial charge in [-0.2, -0.15) is 0 Å². The van der Waals surface area contributed by atoms with Crippen molar-refractivity contribution in [1.29, 1.82) is 0 Å². The van der Waals surface area contributed by atoms with E-state index in [9.17, 15) is 28.0 Å². The molecular formula is C17H25F2N3O5. The Labute approximate surface area is 155 Å². The molecule has 0 bridgehead atoms. The third-order valence-corrected chi connectivity index (χ3v) is 5.11. The molecule has 2 saturated carbocycles. The molecule has 2 rings (SSSR count). The maximum absolute atomic E-state index is 14.9. The summed E-state index contributed by atoms with van der Waals surface area (Å²) in [5.41, 5.74) is 1.60. The van der Waals surface area contributed by atoms with Gasteiger partial charge in [0.05, 0.1) is 6.61 Å². The maximum Gasteiger partial charge on any atom is 0.407 e. The van der Waals surface area contributed by atoms with Gasteiger partial charge in [-0.3, -0.25) is 14.4 Å². The van der Waals surface area contributed by atoms with Crippen LogP contribution < -0.4 is 16.4 Å². The van der Waals surface area contributed by atoms with E-state index in [1.807, 2.05) is 0 Å². The summed E-state index contributed by atoms with van der Waals surface area (Å²) in [6.45, 7) is 1.62. The van der Waals surface area contributed by atoms with Gasteiger partial charge >= 0.3 is 6.09 Å². The number of halogens is 2. The van der Waals surface area contributed by atoms with Crippen LogP contribution in [0.4, 0.5) is 13.6 Å². The van der Waals surface area contributed by atoms with Crippen molar-refractivity contribution < 1.29 is 32.7 Å². The first-order chi connectivity index (χ1) is 12.6. The molecule has 152 valence electrons. The zero-order chi connectivity index (χ0) is 20.2. The fourth-order valence-corrected chi connectivity index (χ4v) is 3.70. The summed E-state index contributed by atoms with van der Waals surface area (Å²) >= 11 is 0. The van der Waals surface area contributed by atoms with Crippen LogP contribution in [0.2, 0.25) is 0 Å². The van der Waals surface area contributed by atoms with Crippen LogP contribution in [0.15, 0.2) is 0 Å². The SMILES string of the molecule is CCOC(=O)N[C@@H](CC1(F)CCCC1)C(=O)N[C@]1(C(=O)C(N)=O)C[C@@H](F)C1. The molecule has 0 heterocycles. The van der Waals surface area contributed by atoms with Crippen LogP contribution in [0, 0.1) is 0 Å². The quantitative estimate of drug-likeness (QED) is 0.530. The second-order valence-electron chi connectivity index (χ2n) is 7.25. The van der Waals surface area contributed by atoms with E-state index in [1.165, 1.54) is 0 Å². The van der Waals surface area contributed by atoms with Gasteiger partial charge in [0.1, 0.15) is 23.4 Å². The predicted molar refractivity (Wildman–Crippen MR) is 90.1 cm³/mol. The van der Waals surface area contributed by atoms with Gasteiger partial charge in [-0.15, -0.1) is 0 Å². The fraction of sp³-hybridized carbons (Fsp3) is 0.765. The lowest BCUT2D eigenvalue weighted by Gasteiger charge is -2.43. The minimum atomic E-state index is -1.75. The summed E-state index contributed by atoms with van der Waals surface area (Å²) in [6.07, 6.45) is -1.55. The monoisotopic (exact) mass is 389 g/mol. The number of hydrogen-bond acceptors (Lipinski definition) is 5. The Balaban J connectivity index is 2.14. The van der Waals surface area contributed by atoms with Gasteiger partial charge in [0.2, 0.25) is 11.7 Å². The molecule has 8 nitrogen and oxygen atoms in total. The van der Waals surface area contributed by atoms with Crippen LogP contribution in [-0.2, 0) is 19.1 Å². The molecule has 3 amide bonds. The molecule has 1 atom stereocenters. The minimum absolute atomic E-state index is 0.0502. The first-order valence-electron chi connectivity index (χ1n) is 9.03. The average molecular weight is 389 g/mol. The highest BCUT2D eigenvalue weighted by molar-refractivity contribution is 6.39. The Morgan fingerprint density at radius 3 is 2.30 bits per heavy atom. The van der Waals surface area contributed by atoms with Crippen molar-refractivity contribution in [3.05, 3.63) is 0 Å². The van der Waals surface area contributed by atoms with E-state index < -0.39 is 60.0 Å².